The monoisotopic (exact) mass is 323 g/mol. The van der Waals surface area contributed by atoms with E-state index in [0.29, 0.717) is 36.8 Å². The van der Waals surface area contributed by atoms with E-state index in [4.69, 9.17) is 9.47 Å². The molecule has 1 aliphatic heterocycles. The van der Waals surface area contributed by atoms with Gasteiger partial charge in [0.05, 0.1) is 5.56 Å². The Morgan fingerprint density at radius 1 is 1.04 bits per heavy atom. The zero-order valence-electron chi connectivity index (χ0n) is 12.3. The van der Waals surface area contributed by atoms with Crippen molar-refractivity contribution in [2.24, 2.45) is 0 Å². The summed E-state index contributed by atoms with van der Waals surface area (Å²) in [5.41, 5.74) is -0.0556. The fraction of sp³-hybridized carbons (Fsp3) is 0.294. The SMILES string of the molecule is FC(F)(F)c1cccc(CNC[C@@H]2COc3ccccc3O2)c1. The molecule has 1 atom stereocenters. The second-order valence-electron chi connectivity index (χ2n) is 5.33. The summed E-state index contributed by atoms with van der Waals surface area (Å²) in [4.78, 5) is 0. The summed E-state index contributed by atoms with van der Waals surface area (Å²) in [7, 11) is 0. The molecule has 1 N–H and O–H groups in total. The van der Waals surface area contributed by atoms with E-state index in [1.807, 2.05) is 24.3 Å². The fourth-order valence-electron chi connectivity index (χ4n) is 2.40. The molecule has 23 heavy (non-hydrogen) atoms. The van der Waals surface area contributed by atoms with Crippen molar-refractivity contribution in [3.63, 3.8) is 0 Å². The second-order valence-corrected chi connectivity index (χ2v) is 5.33. The van der Waals surface area contributed by atoms with Crippen LogP contribution in [0.3, 0.4) is 0 Å². The molecule has 2 aromatic carbocycles. The number of benzene rings is 2. The van der Waals surface area contributed by atoms with E-state index in [2.05, 4.69) is 5.32 Å². The van der Waals surface area contributed by atoms with Gasteiger partial charge in [-0.25, -0.2) is 0 Å². The van der Waals surface area contributed by atoms with Crippen molar-refractivity contribution in [3.05, 3.63) is 59.7 Å². The van der Waals surface area contributed by atoms with Gasteiger partial charge in [0.1, 0.15) is 12.7 Å². The van der Waals surface area contributed by atoms with Gasteiger partial charge in [-0.05, 0) is 23.8 Å². The number of para-hydroxylation sites is 2. The summed E-state index contributed by atoms with van der Waals surface area (Å²) in [5.74, 6) is 1.39. The molecule has 0 spiro atoms. The number of halogens is 3. The number of ether oxygens (including phenoxy) is 2. The number of hydrogen-bond acceptors (Lipinski definition) is 3. The lowest BCUT2D eigenvalue weighted by atomic mass is 10.1. The largest absolute Gasteiger partial charge is 0.486 e. The minimum Gasteiger partial charge on any atom is -0.486 e. The molecule has 0 aromatic heterocycles. The van der Waals surface area contributed by atoms with Crippen LogP contribution in [0.15, 0.2) is 48.5 Å². The average Bonchev–Trinajstić information content (AvgIpc) is 2.54. The van der Waals surface area contributed by atoms with E-state index in [1.165, 1.54) is 6.07 Å². The van der Waals surface area contributed by atoms with Crippen LogP contribution in [-0.2, 0) is 12.7 Å². The first-order chi connectivity index (χ1) is 11.0. The molecule has 0 bridgehead atoms. The van der Waals surface area contributed by atoms with Gasteiger partial charge in [0.15, 0.2) is 11.5 Å². The van der Waals surface area contributed by atoms with Gasteiger partial charge >= 0.3 is 6.18 Å². The first kappa shape index (κ1) is 15.7. The second kappa shape index (κ2) is 6.50. The highest BCUT2D eigenvalue weighted by Crippen LogP contribution is 2.31. The van der Waals surface area contributed by atoms with Crippen molar-refractivity contribution in [1.29, 1.82) is 0 Å². The van der Waals surface area contributed by atoms with Crippen LogP contribution in [0.5, 0.6) is 11.5 Å². The average molecular weight is 323 g/mol. The normalized spacial score (nSPS) is 17.1. The summed E-state index contributed by atoms with van der Waals surface area (Å²) in [6.45, 7) is 1.24. The zero-order chi connectivity index (χ0) is 16.3. The summed E-state index contributed by atoms with van der Waals surface area (Å²) in [5, 5.41) is 3.11. The van der Waals surface area contributed by atoms with Crippen LogP contribution >= 0.6 is 0 Å². The van der Waals surface area contributed by atoms with E-state index >= 15 is 0 Å². The van der Waals surface area contributed by atoms with Gasteiger partial charge in [-0.15, -0.1) is 0 Å². The Hall–Kier alpha value is -2.21. The van der Waals surface area contributed by atoms with Crippen molar-refractivity contribution in [1.82, 2.24) is 5.32 Å². The van der Waals surface area contributed by atoms with Crippen molar-refractivity contribution in [2.75, 3.05) is 13.2 Å². The Labute approximate surface area is 132 Å². The molecule has 0 amide bonds. The Bertz CT molecular complexity index is 673. The molecule has 2 aromatic rings. The molecule has 1 aliphatic rings. The third-order valence-electron chi connectivity index (χ3n) is 3.52. The number of rotatable bonds is 4. The molecule has 0 radical (unpaired) electrons. The van der Waals surface area contributed by atoms with Crippen LogP contribution in [0.25, 0.3) is 0 Å². The molecule has 6 heteroatoms. The Morgan fingerprint density at radius 3 is 2.61 bits per heavy atom. The van der Waals surface area contributed by atoms with Crippen LogP contribution in [0.1, 0.15) is 11.1 Å². The first-order valence-electron chi connectivity index (χ1n) is 7.28. The van der Waals surface area contributed by atoms with E-state index in [-0.39, 0.29) is 6.10 Å². The van der Waals surface area contributed by atoms with Crippen molar-refractivity contribution in [3.8, 4) is 11.5 Å². The Morgan fingerprint density at radius 2 is 1.83 bits per heavy atom. The number of hydrogen-bond donors (Lipinski definition) is 1. The van der Waals surface area contributed by atoms with Crippen LogP contribution < -0.4 is 14.8 Å². The summed E-state index contributed by atoms with van der Waals surface area (Å²) in [6.07, 6.45) is -4.49. The summed E-state index contributed by atoms with van der Waals surface area (Å²) < 4.78 is 49.4. The lowest BCUT2D eigenvalue weighted by Crippen LogP contribution is -2.38. The Balaban J connectivity index is 1.53. The maximum absolute atomic E-state index is 12.7. The number of nitrogens with one attached hydrogen (secondary N) is 1. The topological polar surface area (TPSA) is 30.5 Å². The maximum atomic E-state index is 12.7. The van der Waals surface area contributed by atoms with Gasteiger partial charge in [-0.2, -0.15) is 13.2 Å². The molecule has 3 rings (SSSR count). The molecule has 0 saturated heterocycles. The molecule has 1 heterocycles. The van der Waals surface area contributed by atoms with Crippen molar-refractivity contribution >= 4 is 0 Å². The molecular weight excluding hydrogens is 307 g/mol. The molecule has 0 unspecified atom stereocenters. The maximum Gasteiger partial charge on any atom is 0.416 e. The van der Waals surface area contributed by atoms with Crippen LogP contribution in [-0.4, -0.2) is 19.3 Å². The van der Waals surface area contributed by atoms with Gasteiger partial charge in [0, 0.05) is 13.1 Å². The number of alkyl halides is 3. The lowest BCUT2D eigenvalue weighted by Gasteiger charge is -2.26. The minimum absolute atomic E-state index is 0.171. The minimum atomic E-state index is -4.32. The molecule has 0 fully saturated rings. The molecule has 3 nitrogen and oxygen atoms in total. The highest BCUT2D eigenvalue weighted by molar-refractivity contribution is 5.40. The molecular formula is C17H16F3NO2. The quantitative estimate of drug-likeness (QED) is 0.932. The fourth-order valence-corrected chi connectivity index (χ4v) is 2.40. The van der Waals surface area contributed by atoms with Gasteiger partial charge in [0.25, 0.3) is 0 Å². The molecule has 0 saturated carbocycles. The standard InChI is InChI=1S/C17H16F3NO2/c18-17(19,20)13-5-3-4-12(8-13)9-21-10-14-11-22-15-6-1-2-7-16(15)23-14/h1-8,14,21H,9-11H2/t14-/m1/s1. The van der Waals surface area contributed by atoms with Crippen molar-refractivity contribution in [2.45, 2.75) is 18.8 Å². The summed E-state index contributed by atoms with van der Waals surface area (Å²) >= 11 is 0. The van der Waals surface area contributed by atoms with Gasteiger partial charge in [-0.1, -0.05) is 30.3 Å². The van der Waals surface area contributed by atoms with E-state index < -0.39 is 11.7 Å². The third-order valence-corrected chi connectivity index (χ3v) is 3.52. The highest BCUT2D eigenvalue weighted by Gasteiger charge is 2.30. The van der Waals surface area contributed by atoms with Gasteiger partial charge < -0.3 is 14.8 Å². The van der Waals surface area contributed by atoms with Crippen LogP contribution in [0.2, 0.25) is 0 Å². The van der Waals surface area contributed by atoms with E-state index in [1.54, 1.807) is 6.07 Å². The lowest BCUT2D eigenvalue weighted by molar-refractivity contribution is -0.137. The summed E-state index contributed by atoms with van der Waals surface area (Å²) in [6, 6.07) is 12.7. The highest BCUT2D eigenvalue weighted by atomic mass is 19.4. The van der Waals surface area contributed by atoms with Gasteiger partial charge in [0.2, 0.25) is 0 Å². The van der Waals surface area contributed by atoms with Crippen molar-refractivity contribution < 1.29 is 22.6 Å². The van der Waals surface area contributed by atoms with E-state index in [9.17, 15) is 13.2 Å². The van der Waals surface area contributed by atoms with E-state index in [0.717, 1.165) is 12.1 Å². The number of fused-ring (bicyclic) bond motifs is 1. The first-order valence-corrected chi connectivity index (χ1v) is 7.28. The predicted octanol–water partition coefficient (Wildman–Crippen LogP) is 3.64. The molecule has 122 valence electrons. The Kier molecular flexibility index (Phi) is 4.43. The van der Waals surface area contributed by atoms with Gasteiger partial charge in [-0.3, -0.25) is 0 Å². The van der Waals surface area contributed by atoms with Crippen LogP contribution in [0.4, 0.5) is 13.2 Å². The van der Waals surface area contributed by atoms with Crippen LogP contribution in [0, 0.1) is 0 Å². The predicted molar refractivity (Wildman–Crippen MR) is 79.5 cm³/mol. The zero-order valence-corrected chi connectivity index (χ0v) is 12.3. The third kappa shape index (κ3) is 3.96. The smallest absolute Gasteiger partial charge is 0.416 e. The molecule has 0 aliphatic carbocycles.